The molecule has 1 aromatic heterocycles. The van der Waals surface area contributed by atoms with Crippen LogP contribution in [-0.4, -0.2) is 23.3 Å². The molecule has 3 rings (SSSR count). The third kappa shape index (κ3) is 3.26. The number of carbonyl (C=O) groups is 2. The largest absolute Gasteiger partial charge is 0.324 e. The molecule has 2 aromatic rings. The molecule has 0 radical (unpaired) electrons. The lowest BCUT2D eigenvalue weighted by Gasteiger charge is -2.17. The van der Waals surface area contributed by atoms with Crippen molar-refractivity contribution in [2.75, 3.05) is 16.8 Å². The van der Waals surface area contributed by atoms with Crippen molar-refractivity contribution >= 4 is 34.8 Å². The molecule has 2 amide bonds. The van der Waals surface area contributed by atoms with Gasteiger partial charge in [-0.2, -0.15) is 0 Å². The highest BCUT2D eigenvalue weighted by atomic mass is 35.5. The Morgan fingerprint density at radius 3 is 2.83 bits per heavy atom. The Morgan fingerprint density at radius 2 is 2.17 bits per heavy atom. The van der Waals surface area contributed by atoms with Crippen LogP contribution in [0.25, 0.3) is 0 Å². The van der Waals surface area contributed by atoms with Gasteiger partial charge < -0.3 is 10.2 Å². The maximum atomic E-state index is 12.6. The summed E-state index contributed by atoms with van der Waals surface area (Å²) in [4.78, 5) is 30.4. The monoisotopic (exact) mass is 343 g/mol. The summed E-state index contributed by atoms with van der Waals surface area (Å²) in [7, 11) is 0. The summed E-state index contributed by atoms with van der Waals surface area (Å²) in [6.45, 7) is 4.20. The van der Waals surface area contributed by atoms with E-state index in [0.29, 0.717) is 22.9 Å². The van der Waals surface area contributed by atoms with Gasteiger partial charge in [0.2, 0.25) is 11.8 Å². The summed E-state index contributed by atoms with van der Waals surface area (Å²) in [5, 5.41) is 3.38. The van der Waals surface area contributed by atoms with E-state index in [9.17, 15) is 9.59 Å². The molecular weight excluding hydrogens is 326 g/mol. The van der Waals surface area contributed by atoms with E-state index in [1.54, 1.807) is 23.4 Å². The average molecular weight is 344 g/mol. The van der Waals surface area contributed by atoms with Gasteiger partial charge in [0.05, 0.1) is 28.5 Å². The zero-order chi connectivity index (χ0) is 17.3. The van der Waals surface area contributed by atoms with Gasteiger partial charge in [-0.05, 0) is 43.2 Å². The van der Waals surface area contributed by atoms with Gasteiger partial charge in [0.15, 0.2) is 0 Å². The van der Waals surface area contributed by atoms with Crippen LogP contribution in [0.1, 0.15) is 17.5 Å². The number of halogens is 1. The Kier molecular flexibility index (Phi) is 4.53. The van der Waals surface area contributed by atoms with Crippen LogP contribution in [0.4, 0.5) is 11.4 Å². The van der Waals surface area contributed by atoms with Crippen molar-refractivity contribution in [3.63, 3.8) is 0 Å². The zero-order valence-electron chi connectivity index (χ0n) is 13.5. The minimum Gasteiger partial charge on any atom is -0.324 e. The Balaban J connectivity index is 1.74. The van der Waals surface area contributed by atoms with Gasteiger partial charge in [0.1, 0.15) is 0 Å². The lowest BCUT2D eigenvalue weighted by atomic mass is 10.1. The first-order chi connectivity index (χ1) is 11.5. The molecule has 1 aromatic carbocycles. The predicted molar refractivity (Wildman–Crippen MR) is 94.3 cm³/mol. The summed E-state index contributed by atoms with van der Waals surface area (Å²) >= 11 is 6.24. The van der Waals surface area contributed by atoms with Crippen LogP contribution >= 0.6 is 11.6 Å². The average Bonchev–Trinajstić information content (AvgIpc) is 2.93. The quantitative estimate of drug-likeness (QED) is 0.929. The lowest BCUT2D eigenvalue weighted by molar-refractivity contribution is -0.122. The first-order valence-electron chi connectivity index (χ1n) is 7.73. The van der Waals surface area contributed by atoms with Crippen molar-refractivity contribution in [3.8, 4) is 0 Å². The van der Waals surface area contributed by atoms with Gasteiger partial charge in [0.25, 0.3) is 0 Å². The molecule has 1 atom stereocenters. The summed E-state index contributed by atoms with van der Waals surface area (Å²) in [5.74, 6) is -0.673. The fraction of sp³-hybridized carbons (Fsp3) is 0.278. The standard InChI is InChI=1S/C18H18ClN3O2/c1-11-6-12(2)17(15(19)7-11)21-18(24)13-8-16(23)22(10-13)14-4-3-5-20-9-14/h3-7,9,13H,8,10H2,1-2H3,(H,21,24). The van der Waals surface area contributed by atoms with Gasteiger partial charge in [-0.25, -0.2) is 0 Å². The first-order valence-corrected chi connectivity index (χ1v) is 8.11. The Labute approximate surface area is 145 Å². The maximum Gasteiger partial charge on any atom is 0.229 e. The lowest BCUT2D eigenvalue weighted by Crippen LogP contribution is -2.28. The highest BCUT2D eigenvalue weighted by molar-refractivity contribution is 6.34. The van der Waals surface area contributed by atoms with Crippen LogP contribution in [-0.2, 0) is 9.59 Å². The summed E-state index contributed by atoms with van der Waals surface area (Å²) in [5.41, 5.74) is 3.26. The Morgan fingerprint density at radius 1 is 1.38 bits per heavy atom. The molecule has 124 valence electrons. The molecule has 1 aliphatic heterocycles. The molecule has 0 aliphatic carbocycles. The molecule has 1 saturated heterocycles. The molecule has 24 heavy (non-hydrogen) atoms. The molecule has 6 heteroatoms. The number of carbonyl (C=O) groups excluding carboxylic acids is 2. The number of hydrogen-bond donors (Lipinski definition) is 1. The first kappa shape index (κ1) is 16.5. The second kappa shape index (κ2) is 6.61. The van der Waals surface area contributed by atoms with E-state index >= 15 is 0 Å². The number of nitrogens with one attached hydrogen (secondary N) is 1. The van der Waals surface area contributed by atoms with Gasteiger partial charge in [-0.1, -0.05) is 17.7 Å². The summed E-state index contributed by atoms with van der Waals surface area (Å²) < 4.78 is 0. The van der Waals surface area contributed by atoms with Crippen molar-refractivity contribution < 1.29 is 9.59 Å². The molecule has 1 unspecified atom stereocenters. The van der Waals surface area contributed by atoms with Crippen LogP contribution < -0.4 is 10.2 Å². The summed E-state index contributed by atoms with van der Waals surface area (Å²) in [6.07, 6.45) is 3.46. The van der Waals surface area contributed by atoms with E-state index in [1.807, 2.05) is 32.0 Å². The van der Waals surface area contributed by atoms with E-state index < -0.39 is 5.92 Å². The van der Waals surface area contributed by atoms with Crippen LogP contribution in [0, 0.1) is 19.8 Å². The molecule has 0 saturated carbocycles. The van der Waals surface area contributed by atoms with Gasteiger partial charge in [0, 0.05) is 19.2 Å². The van der Waals surface area contributed by atoms with Crippen molar-refractivity contribution in [1.82, 2.24) is 4.98 Å². The number of amides is 2. The molecule has 1 N–H and O–H groups in total. The van der Waals surface area contributed by atoms with Crippen molar-refractivity contribution in [2.45, 2.75) is 20.3 Å². The fourth-order valence-corrected chi connectivity index (χ4v) is 3.31. The molecule has 0 bridgehead atoms. The van der Waals surface area contributed by atoms with E-state index in [2.05, 4.69) is 10.3 Å². The molecule has 1 aliphatic rings. The Hall–Kier alpha value is -2.40. The third-order valence-corrected chi connectivity index (χ3v) is 4.43. The SMILES string of the molecule is Cc1cc(C)c(NC(=O)C2CC(=O)N(c3cccnc3)C2)c(Cl)c1. The normalized spacial score (nSPS) is 17.2. The van der Waals surface area contributed by atoms with Gasteiger partial charge >= 0.3 is 0 Å². The van der Waals surface area contributed by atoms with Gasteiger partial charge in [-0.3, -0.25) is 14.6 Å². The van der Waals surface area contributed by atoms with E-state index in [0.717, 1.165) is 11.1 Å². The zero-order valence-corrected chi connectivity index (χ0v) is 14.3. The Bertz CT molecular complexity index is 769. The number of hydrogen-bond acceptors (Lipinski definition) is 3. The second-order valence-electron chi connectivity index (χ2n) is 6.04. The maximum absolute atomic E-state index is 12.6. The smallest absolute Gasteiger partial charge is 0.229 e. The third-order valence-electron chi connectivity index (χ3n) is 4.13. The number of aromatic nitrogens is 1. The molecular formula is C18H18ClN3O2. The highest BCUT2D eigenvalue weighted by Crippen LogP contribution is 2.30. The topological polar surface area (TPSA) is 62.3 Å². The van der Waals surface area contributed by atoms with Crippen molar-refractivity contribution in [1.29, 1.82) is 0 Å². The van der Waals surface area contributed by atoms with Crippen LogP contribution in [0.3, 0.4) is 0 Å². The number of aryl methyl sites for hydroxylation is 2. The van der Waals surface area contributed by atoms with Crippen molar-refractivity contribution in [3.05, 3.63) is 52.8 Å². The number of anilines is 2. The van der Waals surface area contributed by atoms with Crippen LogP contribution in [0.5, 0.6) is 0 Å². The minimum absolute atomic E-state index is 0.0742. The van der Waals surface area contributed by atoms with Gasteiger partial charge in [-0.15, -0.1) is 0 Å². The number of rotatable bonds is 3. The number of benzene rings is 1. The van der Waals surface area contributed by atoms with E-state index in [-0.39, 0.29) is 18.2 Å². The van der Waals surface area contributed by atoms with E-state index in [4.69, 9.17) is 11.6 Å². The molecule has 0 spiro atoms. The molecule has 5 nitrogen and oxygen atoms in total. The number of nitrogens with zero attached hydrogens (tertiary/aromatic N) is 2. The minimum atomic E-state index is -0.408. The van der Waals surface area contributed by atoms with E-state index in [1.165, 1.54) is 0 Å². The van der Waals surface area contributed by atoms with Crippen LogP contribution in [0.2, 0.25) is 5.02 Å². The molecule has 2 heterocycles. The second-order valence-corrected chi connectivity index (χ2v) is 6.45. The van der Waals surface area contributed by atoms with Crippen molar-refractivity contribution in [2.24, 2.45) is 5.92 Å². The fourth-order valence-electron chi connectivity index (χ4n) is 2.95. The summed E-state index contributed by atoms with van der Waals surface area (Å²) in [6, 6.07) is 7.35. The predicted octanol–water partition coefficient (Wildman–Crippen LogP) is 3.34. The van der Waals surface area contributed by atoms with Crippen LogP contribution in [0.15, 0.2) is 36.7 Å². The number of pyridine rings is 1. The highest BCUT2D eigenvalue weighted by Gasteiger charge is 2.35. The molecule has 1 fully saturated rings.